The fourth-order valence-electron chi connectivity index (χ4n) is 6.09. The summed E-state index contributed by atoms with van der Waals surface area (Å²) < 4.78 is 22.7. The molecule has 6 atom stereocenters. The molecule has 6 unspecified atom stereocenters. The highest BCUT2D eigenvalue weighted by Crippen LogP contribution is 2.22. The highest BCUT2D eigenvalue weighted by Gasteiger charge is 2.44. The predicted octanol–water partition coefficient (Wildman–Crippen LogP) is 8.97. The molecule has 0 aromatic carbocycles. The Labute approximate surface area is 322 Å². The molecule has 0 aromatic rings. The van der Waals surface area contributed by atoms with Crippen molar-refractivity contribution >= 4 is 5.97 Å². The smallest absolute Gasteiger partial charge is 0.306 e. The van der Waals surface area contributed by atoms with Gasteiger partial charge in [-0.25, -0.2) is 0 Å². The van der Waals surface area contributed by atoms with Crippen LogP contribution in [0.3, 0.4) is 0 Å². The first-order chi connectivity index (χ1) is 25.9. The summed E-state index contributed by atoms with van der Waals surface area (Å²) in [7, 11) is 0. The Bertz CT molecular complexity index is 947. The van der Waals surface area contributed by atoms with E-state index in [2.05, 4.69) is 62.5 Å². The van der Waals surface area contributed by atoms with Crippen molar-refractivity contribution in [2.75, 3.05) is 26.4 Å². The van der Waals surface area contributed by atoms with Gasteiger partial charge in [0.25, 0.3) is 0 Å². The predicted molar refractivity (Wildman–Crippen MR) is 215 cm³/mol. The van der Waals surface area contributed by atoms with Gasteiger partial charge in [0.05, 0.1) is 19.8 Å². The van der Waals surface area contributed by atoms with Gasteiger partial charge in [0.15, 0.2) is 6.29 Å². The number of hydrogen-bond donors (Lipinski definition) is 4. The molecule has 0 aliphatic carbocycles. The number of hydrogen-bond acceptors (Lipinski definition) is 9. The molecule has 1 aliphatic rings. The van der Waals surface area contributed by atoms with E-state index in [1.165, 1.54) is 57.8 Å². The van der Waals surface area contributed by atoms with Crippen LogP contribution in [0.15, 0.2) is 48.6 Å². The van der Waals surface area contributed by atoms with Crippen molar-refractivity contribution in [3.8, 4) is 0 Å². The highest BCUT2D eigenvalue weighted by atomic mass is 16.7. The summed E-state index contributed by atoms with van der Waals surface area (Å²) in [6.07, 6.45) is 35.7. The van der Waals surface area contributed by atoms with E-state index in [1.54, 1.807) is 0 Å². The highest BCUT2D eigenvalue weighted by molar-refractivity contribution is 5.69. The lowest BCUT2D eigenvalue weighted by molar-refractivity contribution is -0.305. The molecule has 9 heteroatoms. The van der Waals surface area contributed by atoms with Crippen molar-refractivity contribution in [1.82, 2.24) is 0 Å². The summed E-state index contributed by atoms with van der Waals surface area (Å²) in [5.74, 6) is -0.331. The van der Waals surface area contributed by atoms with Crippen LogP contribution >= 0.6 is 0 Å². The zero-order chi connectivity index (χ0) is 38.6. The summed E-state index contributed by atoms with van der Waals surface area (Å²) in [5, 5.41) is 40.0. The molecule has 0 radical (unpaired) electrons. The van der Waals surface area contributed by atoms with Crippen molar-refractivity contribution in [3.63, 3.8) is 0 Å². The number of esters is 1. The average molecular weight is 751 g/mol. The molecule has 1 rings (SSSR count). The molecule has 0 spiro atoms. The molecule has 1 fully saturated rings. The van der Waals surface area contributed by atoms with Gasteiger partial charge in [-0.2, -0.15) is 0 Å². The van der Waals surface area contributed by atoms with Gasteiger partial charge in [0.2, 0.25) is 0 Å². The Hall–Kier alpha value is -1.85. The molecule has 0 bridgehead atoms. The SMILES string of the molecule is CCC/C=C\CCCCCCCC(=O)OC(COCCCCCCCCC/C=C\C/C=C\C/C=C\CCCCC)COC1OC(CO)C(O)C(O)C1O. The minimum Gasteiger partial charge on any atom is -0.457 e. The first-order valence-electron chi connectivity index (χ1n) is 21.2. The minimum atomic E-state index is -1.54. The Balaban J connectivity index is 2.26. The van der Waals surface area contributed by atoms with Crippen molar-refractivity contribution in [1.29, 1.82) is 0 Å². The molecule has 308 valence electrons. The Kier molecular flexibility index (Phi) is 33.2. The summed E-state index contributed by atoms with van der Waals surface area (Å²) in [6, 6.07) is 0. The first-order valence-corrected chi connectivity index (χ1v) is 21.2. The largest absolute Gasteiger partial charge is 0.457 e. The van der Waals surface area contributed by atoms with Crippen LogP contribution in [0.2, 0.25) is 0 Å². The molecule has 4 N–H and O–H groups in total. The topological polar surface area (TPSA) is 135 Å². The van der Waals surface area contributed by atoms with E-state index in [4.69, 9.17) is 18.9 Å². The van der Waals surface area contributed by atoms with Crippen LogP contribution in [0.4, 0.5) is 0 Å². The quantitative estimate of drug-likeness (QED) is 0.0285. The van der Waals surface area contributed by atoms with Gasteiger partial charge in [-0.3, -0.25) is 4.79 Å². The lowest BCUT2D eigenvalue weighted by Gasteiger charge is -2.39. The van der Waals surface area contributed by atoms with Crippen molar-refractivity contribution in [2.45, 2.75) is 198 Å². The molecule has 53 heavy (non-hydrogen) atoms. The maximum atomic E-state index is 12.7. The van der Waals surface area contributed by atoms with Crippen LogP contribution in [0.25, 0.3) is 0 Å². The van der Waals surface area contributed by atoms with E-state index in [1.807, 2.05) is 0 Å². The van der Waals surface area contributed by atoms with Crippen molar-refractivity contribution < 1.29 is 44.2 Å². The molecule has 0 aromatic heterocycles. The average Bonchev–Trinajstić information content (AvgIpc) is 3.16. The third-order valence-corrected chi connectivity index (χ3v) is 9.45. The van der Waals surface area contributed by atoms with Crippen LogP contribution < -0.4 is 0 Å². The third kappa shape index (κ3) is 27.4. The van der Waals surface area contributed by atoms with Crippen molar-refractivity contribution in [2.24, 2.45) is 0 Å². The number of aliphatic hydroxyl groups is 4. The maximum absolute atomic E-state index is 12.7. The first kappa shape index (κ1) is 49.2. The number of rotatable bonds is 35. The molecule has 9 nitrogen and oxygen atoms in total. The van der Waals surface area contributed by atoms with E-state index in [9.17, 15) is 25.2 Å². The molecule has 1 heterocycles. The fourth-order valence-corrected chi connectivity index (χ4v) is 6.09. The van der Waals surface area contributed by atoms with E-state index in [0.717, 1.165) is 83.5 Å². The van der Waals surface area contributed by atoms with Gasteiger partial charge >= 0.3 is 5.97 Å². The lowest BCUT2D eigenvalue weighted by atomic mass is 9.99. The van der Waals surface area contributed by atoms with E-state index < -0.39 is 43.4 Å². The second kappa shape index (κ2) is 35.8. The van der Waals surface area contributed by atoms with Gasteiger partial charge in [0, 0.05) is 13.0 Å². The molecule has 0 amide bonds. The zero-order valence-corrected chi connectivity index (χ0v) is 33.5. The Morgan fingerprint density at radius 1 is 0.604 bits per heavy atom. The van der Waals surface area contributed by atoms with Crippen LogP contribution in [0, 0.1) is 0 Å². The second-order valence-corrected chi connectivity index (χ2v) is 14.4. The van der Waals surface area contributed by atoms with Gasteiger partial charge < -0.3 is 39.4 Å². The van der Waals surface area contributed by atoms with Crippen LogP contribution in [-0.4, -0.2) is 89.6 Å². The summed E-state index contributed by atoms with van der Waals surface area (Å²) in [6.45, 7) is 4.42. The summed E-state index contributed by atoms with van der Waals surface area (Å²) >= 11 is 0. The Morgan fingerprint density at radius 3 is 1.74 bits per heavy atom. The van der Waals surface area contributed by atoms with Gasteiger partial charge in [-0.05, 0) is 70.6 Å². The number of aliphatic hydroxyl groups excluding tert-OH is 4. The summed E-state index contributed by atoms with van der Waals surface area (Å²) in [4.78, 5) is 12.7. The number of ether oxygens (including phenoxy) is 4. The second-order valence-electron chi connectivity index (χ2n) is 14.4. The van der Waals surface area contributed by atoms with E-state index in [0.29, 0.717) is 13.0 Å². The van der Waals surface area contributed by atoms with Crippen LogP contribution in [0.1, 0.15) is 162 Å². The number of unbranched alkanes of at least 4 members (excludes halogenated alkanes) is 16. The monoisotopic (exact) mass is 751 g/mol. The molecular formula is C44H78O9. The van der Waals surface area contributed by atoms with E-state index in [-0.39, 0.29) is 19.2 Å². The van der Waals surface area contributed by atoms with E-state index >= 15 is 0 Å². The lowest BCUT2D eigenvalue weighted by Crippen LogP contribution is -2.59. The van der Waals surface area contributed by atoms with Gasteiger partial charge in [-0.1, -0.05) is 133 Å². The normalized spacial score (nSPS) is 21.5. The Morgan fingerprint density at radius 2 is 1.13 bits per heavy atom. The molecule has 0 saturated carbocycles. The number of allylic oxidation sites excluding steroid dienone is 8. The van der Waals surface area contributed by atoms with Crippen LogP contribution in [-0.2, 0) is 23.7 Å². The summed E-state index contributed by atoms with van der Waals surface area (Å²) in [5.41, 5.74) is 0. The fraction of sp³-hybridized carbons (Fsp3) is 0.795. The van der Waals surface area contributed by atoms with Crippen molar-refractivity contribution in [3.05, 3.63) is 48.6 Å². The molecule has 1 saturated heterocycles. The molecular weight excluding hydrogens is 672 g/mol. The van der Waals surface area contributed by atoms with Gasteiger partial charge in [0.1, 0.15) is 30.5 Å². The third-order valence-electron chi connectivity index (χ3n) is 9.45. The van der Waals surface area contributed by atoms with Crippen LogP contribution in [0.5, 0.6) is 0 Å². The minimum absolute atomic E-state index is 0.122. The number of carbonyl (C=O) groups is 1. The van der Waals surface area contributed by atoms with Gasteiger partial charge in [-0.15, -0.1) is 0 Å². The number of carbonyl (C=O) groups excluding carboxylic acids is 1. The maximum Gasteiger partial charge on any atom is 0.306 e. The standard InChI is InChI=1S/C44H78O9/c1-3-5-7-9-11-13-15-16-17-18-19-20-21-22-23-24-26-28-30-32-34-50-36-38(37-51-44-43(49)42(48)41(47)39(35-45)53-44)52-40(46)33-31-29-27-25-14-12-10-8-6-4-2/h8,10-11,13,16-17,19-20,38-39,41-45,47-49H,3-7,9,12,14-15,18,21-37H2,1-2H3/b10-8-,13-11-,17-16-,20-19-. The zero-order valence-electron chi connectivity index (χ0n) is 33.5. The molecule has 1 aliphatic heterocycles.